The highest BCUT2D eigenvalue weighted by atomic mass is 32.2. The lowest BCUT2D eigenvalue weighted by Crippen LogP contribution is -2.42. The molecule has 3 rings (SSSR count). The fourth-order valence-corrected chi connectivity index (χ4v) is 5.21. The SMILES string of the molecule is C[C@H](NC(=O)c1cccc(S(=O)(=O)N2CCCC[C@@H]2C)c1)c1ccccc1. The quantitative estimate of drug-likeness (QED) is 0.851. The van der Waals surface area contributed by atoms with E-state index in [0.717, 1.165) is 24.8 Å². The first kappa shape index (κ1) is 19.6. The van der Waals surface area contributed by atoms with Crippen molar-refractivity contribution < 1.29 is 13.2 Å². The predicted octanol–water partition coefficient (Wildman–Crippen LogP) is 3.74. The number of nitrogens with one attached hydrogen (secondary N) is 1. The van der Waals surface area contributed by atoms with Gasteiger partial charge < -0.3 is 5.32 Å². The van der Waals surface area contributed by atoms with E-state index < -0.39 is 10.0 Å². The van der Waals surface area contributed by atoms with Crippen molar-refractivity contribution in [3.05, 3.63) is 65.7 Å². The fraction of sp³-hybridized carbons (Fsp3) is 0.381. The van der Waals surface area contributed by atoms with Crippen molar-refractivity contribution >= 4 is 15.9 Å². The van der Waals surface area contributed by atoms with E-state index in [2.05, 4.69) is 5.32 Å². The van der Waals surface area contributed by atoms with Crippen molar-refractivity contribution in [2.45, 2.75) is 50.1 Å². The molecule has 5 nitrogen and oxygen atoms in total. The lowest BCUT2D eigenvalue weighted by atomic mass is 10.1. The highest BCUT2D eigenvalue weighted by Crippen LogP contribution is 2.25. The molecular weight excluding hydrogens is 360 g/mol. The Kier molecular flexibility index (Phi) is 5.97. The summed E-state index contributed by atoms with van der Waals surface area (Å²) in [5.41, 5.74) is 1.35. The van der Waals surface area contributed by atoms with Gasteiger partial charge >= 0.3 is 0 Å². The molecule has 1 aliphatic rings. The average molecular weight is 387 g/mol. The lowest BCUT2D eigenvalue weighted by molar-refractivity contribution is 0.0939. The van der Waals surface area contributed by atoms with Crippen LogP contribution in [0.1, 0.15) is 55.1 Å². The lowest BCUT2D eigenvalue weighted by Gasteiger charge is -2.32. The van der Waals surface area contributed by atoms with Crippen LogP contribution in [0.2, 0.25) is 0 Å². The summed E-state index contributed by atoms with van der Waals surface area (Å²) in [6, 6.07) is 15.8. The van der Waals surface area contributed by atoms with Crippen LogP contribution >= 0.6 is 0 Å². The summed E-state index contributed by atoms with van der Waals surface area (Å²) in [4.78, 5) is 12.8. The maximum Gasteiger partial charge on any atom is 0.251 e. The Hall–Kier alpha value is -2.18. The van der Waals surface area contributed by atoms with Crippen LogP contribution in [0.15, 0.2) is 59.5 Å². The number of amides is 1. The van der Waals surface area contributed by atoms with Gasteiger partial charge in [-0.25, -0.2) is 8.42 Å². The first-order valence-corrected chi connectivity index (χ1v) is 10.8. The summed E-state index contributed by atoms with van der Waals surface area (Å²) in [6.45, 7) is 4.38. The topological polar surface area (TPSA) is 66.5 Å². The van der Waals surface area contributed by atoms with E-state index in [0.29, 0.717) is 12.1 Å². The van der Waals surface area contributed by atoms with Gasteiger partial charge in [-0.15, -0.1) is 0 Å². The second-order valence-corrected chi connectivity index (χ2v) is 8.98. The Bertz CT molecular complexity index is 897. The van der Waals surface area contributed by atoms with Crippen molar-refractivity contribution in [1.29, 1.82) is 0 Å². The average Bonchev–Trinajstić information content (AvgIpc) is 2.69. The van der Waals surface area contributed by atoms with Crippen LogP contribution in [0, 0.1) is 0 Å². The molecule has 2 atom stereocenters. The molecule has 2 aromatic rings. The second-order valence-electron chi connectivity index (χ2n) is 7.09. The molecule has 27 heavy (non-hydrogen) atoms. The number of piperidine rings is 1. The standard InChI is InChI=1S/C21H26N2O3S/c1-16-9-6-7-14-23(16)27(25,26)20-13-8-12-19(15-20)21(24)22-17(2)18-10-4-3-5-11-18/h3-5,8,10-13,15-17H,6-7,9,14H2,1-2H3,(H,22,24)/t16-,17-/m0/s1. The fourth-order valence-electron chi connectivity index (χ4n) is 3.47. The molecule has 1 fully saturated rings. The predicted molar refractivity (Wildman–Crippen MR) is 106 cm³/mol. The highest BCUT2D eigenvalue weighted by molar-refractivity contribution is 7.89. The summed E-state index contributed by atoms with van der Waals surface area (Å²) in [7, 11) is -3.59. The van der Waals surface area contributed by atoms with E-state index in [1.807, 2.05) is 44.2 Å². The first-order valence-electron chi connectivity index (χ1n) is 9.37. The minimum atomic E-state index is -3.59. The van der Waals surface area contributed by atoms with E-state index in [9.17, 15) is 13.2 Å². The smallest absolute Gasteiger partial charge is 0.251 e. The van der Waals surface area contributed by atoms with Gasteiger partial charge in [-0.1, -0.05) is 42.8 Å². The summed E-state index contributed by atoms with van der Waals surface area (Å²) in [5, 5.41) is 2.93. The van der Waals surface area contributed by atoms with Gasteiger partial charge in [-0.2, -0.15) is 4.31 Å². The Morgan fingerprint density at radius 3 is 2.56 bits per heavy atom. The summed E-state index contributed by atoms with van der Waals surface area (Å²) in [5.74, 6) is -0.282. The Morgan fingerprint density at radius 1 is 1.11 bits per heavy atom. The number of hydrogen-bond acceptors (Lipinski definition) is 3. The second kappa shape index (κ2) is 8.23. The van der Waals surface area contributed by atoms with E-state index in [1.165, 1.54) is 6.07 Å². The van der Waals surface area contributed by atoms with Gasteiger partial charge in [0.1, 0.15) is 0 Å². The largest absolute Gasteiger partial charge is 0.346 e. The van der Waals surface area contributed by atoms with E-state index in [-0.39, 0.29) is 22.9 Å². The molecule has 1 heterocycles. The highest BCUT2D eigenvalue weighted by Gasteiger charge is 2.31. The van der Waals surface area contributed by atoms with Crippen LogP contribution in [0.5, 0.6) is 0 Å². The number of carbonyl (C=O) groups is 1. The van der Waals surface area contributed by atoms with Crippen molar-refractivity contribution in [2.24, 2.45) is 0 Å². The number of hydrogen-bond donors (Lipinski definition) is 1. The minimum Gasteiger partial charge on any atom is -0.346 e. The Balaban J connectivity index is 1.79. The third-order valence-corrected chi connectivity index (χ3v) is 7.10. The molecule has 2 aromatic carbocycles. The molecule has 0 spiro atoms. The molecule has 6 heteroatoms. The normalized spacial score (nSPS) is 19.4. The molecule has 1 saturated heterocycles. The molecule has 0 aliphatic carbocycles. The van der Waals surface area contributed by atoms with Crippen molar-refractivity contribution in [2.75, 3.05) is 6.54 Å². The van der Waals surface area contributed by atoms with Gasteiger partial charge in [0.15, 0.2) is 0 Å². The monoisotopic (exact) mass is 386 g/mol. The summed E-state index contributed by atoms with van der Waals surface area (Å²) >= 11 is 0. The van der Waals surface area contributed by atoms with Crippen LogP contribution in [0.3, 0.4) is 0 Å². The zero-order chi connectivity index (χ0) is 19.4. The van der Waals surface area contributed by atoms with Crippen LogP contribution in [0.4, 0.5) is 0 Å². The molecule has 0 saturated carbocycles. The van der Waals surface area contributed by atoms with Crippen molar-refractivity contribution in [1.82, 2.24) is 9.62 Å². The van der Waals surface area contributed by atoms with E-state index in [4.69, 9.17) is 0 Å². The summed E-state index contributed by atoms with van der Waals surface area (Å²) < 4.78 is 27.6. The number of carbonyl (C=O) groups excluding carboxylic acids is 1. The van der Waals surface area contributed by atoms with Crippen LogP contribution < -0.4 is 5.32 Å². The molecule has 1 N–H and O–H groups in total. The Labute approximate surface area is 161 Å². The van der Waals surface area contributed by atoms with E-state index >= 15 is 0 Å². The van der Waals surface area contributed by atoms with Crippen molar-refractivity contribution in [3.63, 3.8) is 0 Å². The van der Waals surface area contributed by atoms with Gasteiger partial charge in [0.25, 0.3) is 5.91 Å². The molecule has 0 unspecified atom stereocenters. The van der Waals surface area contributed by atoms with Crippen LogP contribution in [-0.4, -0.2) is 31.2 Å². The third-order valence-electron chi connectivity index (χ3n) is 5.09. The van der Waals surface area contributed by atoms with Crippen molar-refractivity contribution in [3.8, 4) is 0 Å². The van der Waals surface area contributed by atoms with E-state index in [1.54, 1.807) is 22.5 Å². The number of rotatable bonds is 5. The Morgan fingerprint density at radius 2 is 1.85 bits per heavy atom. The molecule has 1 aliphatic heterocycles. The molecular formula is C21H26N2O3S. The van der Waals surface area contributed by atoms with Gasteiger partial charge in [-0.05, 0) is 50.5 Å². The summed E-state index contributed by atoms with van der Waals surface area (Å²) in [6.07, 6.45) is 2.79. The number of nitrogens with zero attached hydrogens (tertiary/aromatic N) is 1. The molecule has 1 amide bonds. The van der Waals surface area contributed by atoms with Crippen LogP contribution in [-0.2, 0) is 10.0 Å². The van der Waals surface area contributed by atoms with Gasteiger partial charge in [0, 0.05) is 18.2 Å². The molecule has 0 aromatic heterocycles. The molecule has 144 valence electrons. The van der Waals surface area contributed by atoms with Crippen LogP contribution in [0.25, 0.3) is 0 Å². The minimum absolute atomic E-state index is 0.0145. The van der Waals surface area contributed by atoms with Gasteiger partial charge in [0.2, 0.25) is 10.0 Å². The van der Waals surface area contributed by atoms with Gasteiger partial charge in [0.05, 0.1) is 10.9 Å². The maximum atomic E-state index is 13.0. The third kappa shape index (κ3) is 4.39. The number of sulfonamides is 1. The molecule has 0 radical (unpaired) electrons. The number of benzene rings is 2. The van der Waals surface area contributed by atoms with Gasteiger partial charge in [-0.3, -0.25) is 4.79 Å². The zero-order valence-electron chi connectivity index (χ0n) is 15.8. The zero-order valence-corrected chi connectivity index (χ0v) is 16.6. The maximum absolute atomic E-state index is 13.0. The first-order chi connectivity index (χ1) is 12.9. The molecule has 0 bridgehead atoms.